The largest absolute Gasteiger partial charge is 0.497 e. The van der Waals surface area contributed by atoms with Gasteiger partial charge in [0.15, 0.2) is 5.43 Å². The van der Waals surface area contributed by atoms with Gasteiger partial charge in [0.25, 0.3) is 10.0 Å². The zero-order valence-electron chi connectivity index (χ0n) is 14.8. The van der Waals surface area contributed by atoms with Gasteiger partial charge in [0.05, 0.1) is 23.0 Å². The number of fused-ring (bicyclic) bond motifs is 2. The lowest BCUT2D eigenvalue weighted by Crippen LogP contribution is -2.19. The van der Waals surface area contributed by atoms with Gasteiger partial charge in [-0.3, -0.25) is 4.79 Å². The number of hydrogen-bond acceptors (Lipinski definition) is 4. The van der Waals surface area contributed by atoms with Crippen LogP contribution < -0.4 is 10.2 Å². The number of ether oxygens (including phenoxy) is 1. The molecule has 0 radical (unpaired) electrons. The van der Waals surface area contributed by atoms with Crippen molar-refractivity contribution in [3.8, 4) is 5.75 Å². The highest BCUT2D eigenvalue weighted by Gasteiger charge is 2.23. The van der Waals surface area contributed by atoms with Gasteiger partial charge in [-0.15, -0.1) is 0 Å². The van der Waals surface area contributed by atoms with Crippen molar-refractivity contribution >= 4 is 31.8 Å². The first-order chi connectivity index (χ1) is 12.9. The number of aryl methyl sites for hydroxylation is 1. The minimum atomic E-state index is -3.93. The summed E-state index contributed by atoms with van der Waals surface area (Å²) in [6.45, 7) is 1.89. The number of benzene rings is 3. The predicted molar refractivity (Wildman–Crippen MR) is 106 cm³/mol. The van der Waals surface area contributed by atoms with E-state index >= 15 is 0 Å². The van der Waals surface area contributed by atoms with E-state index in [2.05, 4.69) is 0 Å². The molecule has 6 heteroatoms. The fourth-order valence-electron chi connectivity index (χ4n) is 3.19. The van der Waals surface area contributed by atoms with Crippen molar-refractivity contribution in [1.82, 2.24) is 3.97 Å². The van der Waals surface area contributed by atoms with Crippen molar-refractivity contribution in [1.29, 1.82) is 0 Å². The molecule has 3 aromatic carbocycles. The van der Waals surface area contributed by atoms with Crippen LogP contribution in [-0.2, 0) is 10.0 Å². The number of hydrogen-bond donors (Lipinski definition) is 0. The van der Waals surface area contributed by atoms with Crippen molar-refractivity contribution in [3.63, 3.8) is 0 Å². The van der Waals surface area contributed by atoms with Crippen molar-refractivity contribution in [3.05, 3.63) is 82.5 Å². The van der Waals surface area contributed by atoms with Gasteiger partial charge in [0, 0.05) is 16.8 Å². The summed E-state index contributed by atoms with van der Waals surface area (Å²) in [5, 5.41) is 0.677. The van der Waals surface area contributed by atoms with Crippen molar-refractivity contribution in [2.75, 3.05) is 7.11 Å². The molecular formula is C21H17NO4S. The summed E-state index contributed by atoms with van der Waals surface area (Å²) in [4.78, 5) is 13.1. The number of para-hydroxylation sites is 1. The first kappa shape index (κ1) is 17.3. The Labute approximate surface area is 156 Å². The van der Waals surface area contributed by atoms with E-state index in [-0.39, 0.29) is 10.3 Å². The number of methoxy groups -OCH3 is 1. The third-order valence-electron chi connectivity index (χ3n) is 4.60. The van der Waals surface area contributed by atoms with Crippen LogP contribution >= 0.6 is 0 Å². The Hall–Kier alpha value is -3.12. The molecule has 0 aliphatic rings. The number of pyridine rings is 1. The van der Waals surface area contributed by atoms with Gasteiger partial charge in [-0.2, -0.15) is 0 Å². The molecule has 0 aliphatic carbocycles. The monoisotopic (exact) mass is 379 g/mol. The molecule has 4 rings (SSSR count). The standard InChI is InChI=1S/C21H17NO4S/c1-14-7-10-16(11-8-14)27(24,25)22-19-6-4-3-5-17(19)21(23)18-12-9-15(26-2)13-20(18)22/h3-13H,1-2H3. The molecule has 1 aromatic heterocycles. The minimum Gasteiger partial charge on any atom is -0.497 e. The number of nitrogens with zero attached hydrogens (tertiary/aromatic N) is 1. The topological polar surface area (TPSA) is 65.4 Å². The number of aromatic nitrogens is 1. The third-order valence-corrected chi connectivity index (χ3v) is 6.34. The molecule has 0 saturated heterocycles. The molecule has 0 saturated carbocycles. The van der Waals surface area contributed by atoms with Crippen LogP contribution in [0.1, 0.15) is 5.56 Å². The molecule has 1 heterocycles. The normalized spacial score (nSPS) is 11.8. The molecular weight excluding hydrogens is 362 g/mol. The molecule has 0 aliphatic heterocycles. The van der Waals surface area contributed by atoms with Crippen LogP contribution in [0, 0.1) is 6.92 Å². The lowest BCUT2D eigenvalue weighted by molar-refractivity contribution is 0.415. The first-order valence-electron chi connectivity index (χ1n) is 8.37. The summed E-state index contributed by atoms with van der Waals surface area (Å²) in [5.41, 5.74) is 1.38. The summed E-state index contributed by atoms with van der Waals surface area (Å²) < 4.78 is 33.5. The number of rotatable bonds is 3. The van der Waals surface area contributed by atoms with Crippen LogP contribution in [0.15, 0.2) is 76.4 Å². The summed E-state index contributed by atoms with van der Waals surface area (Å²) in [5.74, 6) is 0.477. The molecule has 27 heavy (non-hydrogen) atoms. The van der Waals surface area contributed by atoms with Crippen LogP contribution in [0.5, 0.6) is 5.75 Å². The Kier molecular flexibility index (Phi) is 4.00. The maximum Gasteiger partial charge on any atom is 0.268 e. The van der Waals surface area contributed by atoms with E-state index in [9.17, 15) is 13.2 Å². The quantitative estimate of drug-likeness (QED) is 0.509. The van der Waals surface area contributed by atoms with Gasteiger partial charge in [-0.05, 0) is 43.3 Å². The maximum atomic E-state index is 13.5. The van der Waals surface area contributed by atoms with Gasteiger partial charge in [-0.1, -0.05) is 29.8 Å². The first-order valence-corrected chi connectivity index (χ1v) is 9.81. The average molecular weight is 379 g/mol. The molecule has 136 valence electrons. The Morgan fingerprint density at radius 1 is 0.852 bits per heavy atom. The average Bonchev–Trinajstić information content (AvgIpc) is 2.68. The molecule has 4 aromatic rings. The SMILES string of the molecule is COc1ccc2c(=O)c3ccccc3n(S(=O)(=O)c3ccc(C)cc3)c2c1. The Morgan fingerprint density at radius 2 is 1.52 bits per heavy atom. The molecule has 0 bridgehead atoms. The van der Waals surface area contributed by atoms with E-state index in [0.717, 1.165) is 5.56 Å². The fourth-order valence-corrected chi connectivity index (χ4v) is 4.71. The van der Waals surface area contributed by atoms with Gasteiger partial charge in [0.1, 0.15) is 5.75 Å². The Bertz CT molecular complexity index is 1340. The van der Waals surface area contributed by atoms with E-state index < -0.39 is 10.0 Å². The highest BCUT2D eigenvalue weighted by molar-refractivity contribution is 7.90. The third kappa shape index (κ3) is 2.69. The van der Waals surface area contributed by atoms with E-state index in [1.807, 2.05) is 6.92 Å². The van der Waals surface area contributed by atoms with Crippen LogP contribution in [0.4, 0.5) is 0 Å². The summed E-state index contributed by atoms with van der Waals surface area (Å²) in [7, 11) is -2.43. The predicted octanol–water partition coefficient (Wildman–Crippen LogP) is 3.71. The summed E-state index contributed by atoms with van der Waals surface area (Å²) in [6, 6.07) is 18.2. The van der Waals surface area contributed by atoms with Crippen molar-refractivity contribution < 1.29 is 13.2 Å². The zero-order chi connectivity index (χ0) is 19.2. The molecule has 0 N–H and O–H groups in total. The van der Waals surface area contributed by atoms with Gasteiger partial charge < -0.3 is 4.74 Å². The highest BCUT2D eigenvalue weighted by Crippen LogP contribution is 2.27. The van der Waals surface area contributed by atoms with E-state index in [0.29, 0.717) is 27.6 Å². The second-order valence-corrected chi connectivity index (χ2v) is 8.10. The lowest BCUT2D eigenvalue weighted by Gasteiger charge is -2.16. The van der Waals surface area contributed by atoms with Gasteiger partial charge >= 0.3 is 0 Å². The van der Waals surface area contributed by atoms with Crippen LogP contribution in [0.2, 0.25) is 0 Å². The van der Waals surface area contributed by atoms with Crippen LogP contribution in [-0.4, -0.2) is 19.5 Å². The maximum absolute atomic E-state index is 13.5. The Balaban J connectivity index is 2.22. The van der Waals surface area contributed by atoms with Crippen molar-refractivity contribution in [2.45, 2.75) is 11.8 Å². The molecule has 0 fully saturated rings. The Morgan fingerprint density at radius 3 is 2.22 bits per heavy atom. The molecule has 5 nitrogen and oxygen atoms in total. The van der Waals surface area contributed by atoms with E-state index in [1.165, 1.54) is 11.1 Å². The molecule has 0 amide bonds. The van der Waals surface area contributed by atoms with Gasteiger partial charge in [-0.25, -0.2) is 12.4 Å². The smallest absolute Gasteiger partial charge is 0.268 e. The summed E-state index contributed by atoms with van der Waals surface area (Å²) in [6.07, 6.45) is 0. The minimum absolute atomic E-state index is 0.158. The fraction of sp³-hybridized carbons (Fsp3) is 0.0952. The second kappa shape index (κ2) is 6.25. The molecule has 0 atom stereocenters. The van der Waals surface area contributed by atoms with Crippen LogP contribution in [0.25, 0.3) is 21.8 Å². The van der Waals surface area contributed by atoms with E-state index in [4.69, 9.17) is 4.74 Å². The molecule has 0 spiro atoms. The van der Waals surface area contributed by atoms with Crippen molar-refractivity contribution in [2.24, 2.45) is 0 Å². The van der Waals surface area contributed by atoms with E-state index in [1.54, 1.807) is 66.7 Å². The van der Waals surface area contributed by atoms with Crippen LogP contribution in [0.3, 0.4) is 0 Å². The molecule has 0 unspecified atom stereocenters. The second-order valence-electron chi connectivity index (χ2n) is 6.31. The zero-order valence-corrected chi connectivity index (χ0v) is 15.7. The summed E-state index contributed by atoms with van der Waals surface area (Å²) >= 11 is 0. The highest BCUT2D eigenvalue weighted by atomic mass is 32.2. The van der Waals surface area contributed by atoms with Gasteiger partial charge in [0.2, 0.25) is 0 Å². The lowest BCUT2D eigenvalue weighted by atomic mass is 10.1.